The van der Waals surface area contributed by atoms with Gasteiger partial charge in [-0.15, -0.1) is 0 Å². The van der Waals surface area contributed by atoms with Gasteiger partial charge in [-0.2, -0.15) is 4.98 Å². The largest absolute Gasteiger partial charge is 0.369 e. The number of hydrogen-bond acceptors (Lipinski definition) is 7. The van der Waals surface area contributed by atoms with Crippen LogP contribution in [0.4, 0.5) is 11.8 Å². The highest BCUT2D eigenvalue weighted by molar-refractivity contribution is 5.60. The fraction of sp³-hybridized carbons (Fsp3) is 0.300. The number of pyridine rings is 2. The molecule has 3 aromatic rings. The van der Waals surface area contributed by atoms with Gasteiger partial charge < -0.3 is 15.5 Å². The van der Waals surface area contributed by atoms with Crippen LogP contribution in [0.1, 0.15) is 5.69 Å². The van der Waals surface area contributed by atoms with Crippen LogP contribution in [-0.2, 0) is 6.42 Å². The molecule has 2 N–H and O–H groups in total. The Morgan fingerprint density at radius 3 is 2.37 bits per heavy atom. The van der Waals surface area contributed by atoms with E-state index in [0.717, 1.165) is 49.0 Å². The lowest BCUT2D eigenvalue weighted by Crippen LogP contribution is -2.21. The molecule has 0 aliphatic rings. The van der Waals surface area contributed by atoms with Crippen molar-refractivity contribution >= 4 is 11.8 Å². The Bertz CT molecular complexity index is 822. The summed E-state index contributed by atoms with van der Waals surface area (Å²) in [6.45, 7) is 2.42. The maximum Gasteiger partial charge on any atom is 0.225 e. The zero-order valence-corrected chi connectivity index (χ0v) is 15.8. The van der Waals surface area contributed by atoms with Gasteiger partial charge in [-0.25, -0.2) is 4.98 Å². The molecule has 0 saturated carbocycles. The Morgan fingerprint density at radius 1 is 0.852 bits per heavy atom. The van der Waals surface area contributed by atoms with Gasteiger partial charge in [0.1, 0.15) is 5.82 Å². The second-order valence-corrected chi connectivity index (χ2v) is 6.40. The van der Waals surface area contributed by atoms with E-state index in [4.69, 9.17) is 0 Å². The Hall–Kier alpha value is -3.06. The Kier molecular flexibility index (Phi) is 6.65. The lowest BCUT2D eigenvalue weighted by Gasteiger charge is -2.13. The van der Waals surface area contributed by atoms with Crippen molar-refractivity contribution in [1.29, 1.82) is 0 Å². The second kappa shape index (κ2) is 9.59. The topological polar surface area (TPSA) is 78.9 Å². The molecule has 0 spiro atoms. The molecule has 0 atom stereocenters. The predicted molar refractivity (Wildman–Crippen MR) is 109 cm³/mol. The Balaban J connectivity index is 1.72. The predicted octanol–water partition coefficient (Wildman–Crippen LogP) is 2.56. The van der Waals surface area contributed by atoms with E-state index >= 15 is 0 Å². The smallest absolute Gasteiger partial charge is 0.225 e. The van der Waals surface area contributed by atoms with Gasteiger partial charge in [0, 0.05) is 50.2 Å². The zero-order chi connectivity index (χ0) is 18.9. The quantitative estimate of drug-likeness (QED) is 0.605. The first-order valence-electron chi connectivity index (χ1n) is 9.03. The minimum atomic E-state index is 0.598. The summed E-state index contributed by atoms with van der Waals surface area (Å²) in [5.41, 5.74) is 2.66. The molecule has 7 heteroatoms. The normalized spacial score (nSPS) is 10.8. The van der Waals surface area contributed by atoms with Crippen molar-refractivity contribution in [3.8, 4) is 11.4 Å². The van der Waals surface area contributed by atoms with E-state index < -0.39 is 0 Å². The van der Waals surface area contributed by atoms with Crippen molar-refractivity contribution in [3.05, 3.63) is 60.6 Å². The van der Waals surface area contributed by atoms with E-state index in [9.17, 15) is 0 Å². The summed E-state index contributed by atoms with van der Waals surface area (Å²) in [6.07, 6.45) is 4.41. The number of anilines is 2. The molecule has 0 aliphatic heterocycles. The number of likely N-dealkylation sites (N-methyl/N-ethyl adjacent to an activating group) is 1. The molecule has 0 bridgehead atoms. The van der Waals surface area contributed by atoms with Crippen LogP contribution in [0.2, 0.25) is 0 Å². The number of aromatic nitrogens is 4. The summed E-state index contributed by atoms with van der Waals surface area (Å²) < 4.78 is 0. The lowest BCUT2D eigenvalue weighted by atomic mass is 10.2. The van der Waals surface area contributed by atoms with Gasteiger partial charge in [-0.1, -0.05) is 12.1 Å². The van der Waals surface area contributed by atoms with Crippen LogP contribution in [0, 0.1) is 0 Å². The first-order valence-corrected chi connectivity index (χ1v) is 9.03. The van der Waals surface area contributed by atoms with Gasteiger partial charge >= 0.3 is 0 Å². The summed E-state index contributed by atoms with van der Waals surface area (Å²) in [7, 11) is 4.08. The molecule has 3 heterocycles. The molecule has 0 unspecified atom stereocenters. The Morgan fingerprint density at radius 2 is 1.67 bits per heavy atom. The first-order chi connectivity index (χ1) is 13.2. The molecule has 3 aromatic heterocycles. The van der Waals surface area contributed by atoms with Gasteiger partial charge in [0.15, 0.2) is 0 Å². The van der Waals surface area contributed by atoms with Gasteiger partial charge in [-0.3, -0.25) is 9.97 Å². The number of hydrogen-bond donors (Lipinski definition) is 2. The molecule has 140 valence electrons. The molecule has 0 saturated heterocycles. The van der Waals surface area contributed by atoms with Gasteiger partial charge in [0.25, 0.3) is 0 Å². The average Bonchev–Trinajstić information content (AvgIpc) is 2.69. The molecule has 7 nitrogen and oxygen atoms in total. The van der Waals surface area contributed by atoms with Crippen molar-refractivity contribution in [3.63, 3.8) is 0 Å². The van der Waals surface area contributed by atoms with Crippen molar-refractivity contribution in [2.75, 3.05) is 44.4 Å². The molecule has 3 rings (SSSR count). The zero-order valence-electron chi connectivity index (χ0n) is 15.8. The molecule has 0 radical (unpaired) electrons. The van der Waals surface area contributed by atoms with Crippen LogP contribution in [0.5, 0.6) is 0 Å². The van der Waals surface area contributed by atoms with E-state index in [1.54, 1.807) is 6.20 Å². The molecular weight excluding hydrogens is 338 g/mol. The standard InChI is InChI=1S/C20H25N7/c1-27(2)14-13-24-20-25-18(17-8-4-6-11-22-17)15-19(26-20)23-12-9-16-7-3-5-10-21-16/h3-8,10-11,15H,9,12-14H2,1-2H3,(H2,23,24,25,26). The summed E-state index contributed by atoms with van der Waals surface area (Å²) in [5.74, 6) is 1.37. The van der Waals surface area contributed by atoms with Crippen LogP contribution < -0.4 is 10.6 Å². The van der Waals surface area contributed by atoms with E-state index in [0.29, 0.717) is 5.95 Å². The van der Waals surface area contributed by atoms with Crippen LogP contribution >= 0.6 is 0 Å². The van der Waals surface area contributed by atoms with Gasteiger partial charge in [0.2, 0.25) is 5.95 Å². The molecule has 0 aromatic carbocycles. The SMILES string of the molecule is CN(C)CCNc1nc(NCCc2ccccn2)cc(-c2ccccn2)n1. The van der Waals surface area contributed by atoms with Crippen LogP contribution in [0.25, 0.3) is 11.4 Å². The van der Waals surface area contributed by atoms with E-state index in [2.05, 4.69) is 35.5 Å². The summed E-state index contributed by atoms with van der Waals surface area (Å²) in [6, 6.07) is 13.7. The molecule has 0 aliphatic carbocycles. The van der Waals surface area contributed by atoms with E-state index in [1.165, 1.54) is 0 Å². The number of rotatable bonds is 9. The molecule has 27 heavy (non-hydrogen) atoms. The van der Waals surface area contributed by atoms with Crippen LogP contribution in [0.3, 0.4) is 0 Å². The number of nitrogens with zero attached hydrogens (tertiary/aromatic N) is 5. The maximum atomic E-state index is 4.61. The number of nitrogens with one attached hydrogen (secondary N) is 2. The van der Waals surface area contributed by atoms with Gasteiger partial charge in [0.05, 0.1) is 11.4 Å². The van der Waals surface area contributed by atoms with Gasteiger partial charge in [-0.05, 0) is 38.4 Å². The van der Waals surface area contributed by atoms with Crippen LogP contribution in [0.15, 0.2) is 54.9 Å². The summed E-state index contributed by atoms with van der Waals surface area (Å²) in [5, 5.41) is 6.66. The highest BCUT2D eigenvalue weighted by Crippen LogP contribution is 2.19. The monoisotopic (exact) mass is 363 g/mol. The van der Waals surface area contributed by atoms with Crippen molar-refractivity contribution in [2.45, 2.75) is 6.42 Å². The summed E-state index contributed by atoms with van der Waals surface area (Å²) in [4.78, 5) is 20.1. The third-order valence-electron chi connectivity index (χ3n) is 3.91. The second-order valence-electron chi connectivity index (χ2n) is 6.40. The lowest BCUT2D eigenvalue weighted by molar-refractivity contribution is 0.425. The Labute approximate surface area is 159 Å². The van der Waals surface area contributed by atoms with Crippen molar-refractivity contribution in [1.82, 2.24) is 24.8 Å². The maximum absolute atomic E-state index is 4.61. The fourth-order valence-corrected chi connectivity index (χ4v) is 2.52. The highest BCUT2D eigenvalue weighted by Gasteiger charge is 2.08. The highest BCUT2D eigenvalue weighted by atomic mass is 15.2. The molecular formula is C20H25N7. The first kappa shape index (κ1) is 18.7. The average molecular weight is 363 g/mol. The summed E-state index contributed by atoms with van der Waals surface area (Å²) >= 11 is 0. The molecule has 0 fully saturated rings. The van der Waals surface area contributed by atoms with E-state index in [-0.39, 0.29) is 0 Å². The van der Waals surface area contributed by atoms with Crippen molar-refractivity contribution < 1.29 is 0 Å². The fourth-order valence-electron chi connectivity index (χ4n) is 2.52. The molecule has 0 amide bonds. The third kappa shape index (κ3) is 6.00. The third-order valence-corrected chi connectivity index (χ3v) is 3.91. The van der Waals surface area contributed by atoms with Crippen LogP contribution in [-0.4, -0.2) is 58.6 Å². The van der Waals surface area contributed by atoms with E-state index in [1.807, 2.05) is 62.8 Å². The van der Waals surface area contributed by atoms with Crippen molar-refractivity contribution in [2.24, 2.45) is 0 Å². The minimum absolute atomic E-state index is 0.598. The minimum Gasteiger partial charge on any atom is -0.369 e.